The van der Waals surface area contributed by atoms with Gasteiger partial charge in [-0.1, -0.05) is 30.1 Å². The summed E-state index contributed by atoms with van der Waals surface area (Å²) in [6, 6.07) is 3.06. The molecule has 11 heavy (non-hydrogen) atoms. The van der Waals surface area contributed by atoms with Gasteiger partial charge in [-0.3, -0.25) is 0 Å². The van der Waals surface area contributed by atoms with Crippen molar-refractivity contribution in [2.24, 2.45) is 0 Å². The van der Waals surface area contributed by atoms with Gasteiger partial charge in [0.2, 0.25) is 0 Å². The monoisotopic (exact) mass is 192 g/mol. The second-order valence-corrected chi connectivity index (χ2v) is 2.99. The first-order valence-electron chi connectivity index (χ1n) is 3.29. The van der Waals surface area contributed by atoms with E-state index in [0.29, 0.717) is 17.0 Å². The lowest BCUT2D eigenvalue weighted by atomic mass is 10.1. The molecule has 1 rings (SSSR count). The molecule has 0 saturated heterocycles. The van der Waals surface area contributed by atoms with Crippen LogP contribution in [0.3, 0.4) is 0 Å². The van der Waals surface area contributed by atoms with Crippen molar-refractivity contribution in [2.45, 2.75) is 13.3 Å². The molecule has 0 aliphatic heterocycles. The third kappa shape index (κ3) is 1.66. The van der Waals surface area contributed by atoms with Crippen molar-refractivity contribution in [3.05, 3.63) is 33.6 Å². The maximum absolute atomic E-state index is 13.0. The Kier molecular flexibility index (Phi) is 2.74. The van der Waals surface area contributed by atoms with E-state index in [-0.39, 0.29) is 5.02 Å². The van der Waals surface area contributed by atoms with Crippen LogP contribution in [-0.4, -0.2) is 0 Å². The molecular weight excluding hydrogens is 186 g/mol. The maximum atomic E-state index is 13.0. The average molecular weight is 193 g/mol. The maximum Gasteiger partial charge on any atom is 0.146 e. The van der Waals surface area contributed by atoms with Gasteiger partial charge in [0.15, 0.2) is 0 Å². The van der Waals surface area contributed by atoms with Gasteiger partial charge in [-0.2, -0.15) is 0 Å². The van der Waals surface area contributed by atoms with Crippen molar-refractivity contribution in [3.8, 4) is 0 Å². The van der Waals surface area contributed by atoms with E-state index in [1.165, 1.54) is 6.07 Å². The molecule has 1 aromatic rings. The molecule has 0 radical (unpaired) electrons. The second kappa shape index (κ2) is 3.42. The first-order chi connectivity index (χ1) is 5.16. The van der Waals surface area contributed by atoms with Gasteiger partial charge < -0.3 is 0 Å². The van der Waals surface area contributed by atoms with Crippen LogP contribution in [0.4, 0.5) is 4.39 Å². The minimum absolute atomic E-state index is 0.131. The first kappa shape index (κ1) is 8.82. The fourth-order valence-corrected chi connectivity index (χ4v) is 1.35. The van der Waals surface area contributed by atoms with Gasteiger partial charge in [-0.15, -0.1) is 0 Å². The summed E-state index contributed by atoms with van der Waals surface area (Å²) in [6.45, 7) is 1.83. The quantitative estimate of drug-likeness (QED) is 0.596. The zero-order valence-electron chi connectivity index (χ0n) is 6.00. The van der Waals surface area contributed by atoms with E-state index in [4.69, 9.17) is 23.2 Å². The Morgan fingerprint density at radius 1 is 1.27 bits per heavy atom. The van der Waals surface area contributed by atoms with Crippen LogP contribution < -0.4 is 0 Å². The van der Waals surface area contributed by atoms with E-state index in [1.54, 1.807) is 6.07 Å². The highest BCUT2D eigenvalue weighted by Crippen LogP contribution is 2.25. The Morgan fingerprint density at radius 2 is 1.82 bits per heavy atom. The Morgan fingerprint density at radius 3 is 2.27 bits per heavy atom. The molecule has 60 valence electrons. The molecule has 0 aliphatic rings. The van der Waals surface area contributed by atoms with E-state index >= 15 is 0 Å². The predicted octanol–water partition coefficient (Wildman–Crippen LogP) is 3.69. The molecule has 0 heterocycles. The van der Waals surface area contributed by atoms with Crippen LogP contribution in [-0.2, 0) is 6.42 Å². The number of benzene rings is 1. The summed E-state index contributed by atoms with van der Waals surface area (Å²) in [4.78, 5) is 0. The zero-order chi connectivity index (χ0) is 8.43. The molecule has 0 saturated carbocycles. The second-order valence-electron chi connectivity index (χ2n) is 2.18. The van der Waals surface area contributed by atoms with E-state index in [2.05, 4.69) is 0 Å². The highest BCUT2D eigenvalue weighted by Gasteiger charge is 2.08. The summed E-state index contributed by atoms with van der Waals surface area (Å²) < 4.78 is 13.0. The normalized spacial score (nSPS) is 10.2. The van der Waals surface area contributed by atoms with Gasteiger partial charge in [-0.25, -0.2) is 4.39 Å². The largest absolute Gasteiger partial charge is 0.205 e. The van der Waals surface area contributed by atoms with Gasteiger partial charge in [0.25, 0.3) is 0 Å². The molecule has 0 amide bonds. The van der Waals surface area contributed by atoms with E-state index in [9.17, 15) is 4.39 Å². The number of rotatable bonds is 1. The van der Waals surface area contributed by atoms with Crippen LogP contribution in [0.1, 0.15) is 12.5 Å². The number of hydrogen-bond donors (Lipinski definition) is 0. The summed E-state index contributed by atoms with van der Waals surface area (Å²) in [5.74, 6) is -0.401. The van der Waals surface area contributed by atoms with Crippen molar-refractivity contribution in [3.63, 3.8) is 0 Å². The van der Waals surface area contributed by atoms with Crippen molar-refractivity contribution < 1.29 is 4.39 Å². The lowest BCUT2D eigenvalue weighted by Gasteiger charge is -2.02. The highest BCUT2D eigenvalue weighted by molar-refractivity contribution is 6.33. The van der Waals surface area contributed by atoms with Crippen molar-refractivity contribution >= 4 is 23.2 Å². The predicted molar refractivity (Wildman–Crippen MR) is 45.8 cm³/mol. The van der Waals surface area contributed by atoms with E-state index < -0.39 is 5.82 Å². The summed E-state index contributed by atoms with van der Waals surface area (Å²) in [5.41, 5.74) is 0.485. The van der Waals surface area contributed by atoms with E-state index in [0.717, 1.165) is 0 Å². The van der Waals surface area contributed by atoms with Crippen molar-refractivity contribution in [2.75, 3.05) is 0 Å². The molecule has 0 aliphatic carbocycles. The number of halogens is 3. The van der Waals surface area contributed by atoms with Crippen molar-refractivity contribution in [1.82, 2.24) is 0 Å². The molecule has 1 aromatic carbocycles. The Bertz CT molecular complexity index is 271. The molecule has 0 fully saturated rings. The molecule has 0 bridgehead atoms. The lowest BCUT2D eigenvalue weighted by Crippen LogP contribution is -1.89. The Balaban J connectivity index is 3.29. The highest BCUT2D eigenvalue weighted by atomic mass is 35.5. The van der Waals surface area contributed by atoms with Crippen LogP contribution in [0, 0.1) is 5.82 Å². The molecule has 0 atom stereocenters. The molecular formula is C8H7Cl2F. The third-order valence-corrected chi connectivity index (χ3v) is 2.14. The van der Waals surface area contributed by atoms with Gasteiger partial charge >= 0.3 is 0 Å². The molecule has 3 heteroatoms. The summed E-state index contributed by atoms with van der Waals surface area (Å²) in [5, 5.41) is 0.570. The molecule has 0 unspecified atom stereocenters. The van der Waals surface area contributed by atoms with E-state index in [1.807, 2.05) is 6.92 Å². The fourth-order valence-electron chi connectivity index (χ4n) is 0.893. The van der Waals surface area contributed by atoms with Crippen LogP contribution in [0.5, 0.6) is 0 Å². The molecule has 0 aromatic heterocycles. The number of hydrogen-bond acceptors (Lipinski definition) is 0. The summed E-state index contributed by atoms with van der Waals surface area (Å²) in [6.07, 6.45) is 0.561. The first-order valence-corrected chi connectivity index (χ1v) is 4.04. The summed E-state index contributed by atoms with van der Waals surface area (Å²) >= 11 is 11.2. The van der Waals surface area contributed by atoms with Crippen LogP contribution in [0.15, 0.2) is 12.1 Å². The van der Waals surface area contributed by atoms with Crippen LogP contribution in [0.25, 0.3) is 0 Å². The van der Waals surface area contributed by atoms with Crippen LogP contribution in [0.2, 0.25) is 10.0 Å². The molecule has 0 nitrogen and oxygen atoms in total. The fraction of sp³-hybridized carbons (Fsp3) is 0.250. The average Bonchev–Trinajstić information content (AvgIpc) is 1.99. The smallest absolute Gasteiger partial charge is 0.146 e. The summed E-state index contributed by atoms with van der Waals surface area (Å²) in [7, 11) is 0. The third-order valence-electron chi connectivity index (χ3n) is 1.49. The lowest BCUT2D eigenvalue weighted by molar-refractivity contribution is 0.613. The Hall–Kier alpha value is -0.270. The topological polar surface area (TPSA) is 0 Å². The van der Waals surface area contributed by atoms with Crippen molar-refractivity contribution in [1.29, 1.82) is 0 Å². The van der Waals surface area contributed by atoms with Gasteiger partial charge in [0, 0.05) is 10.6 Å². The zero-order valence-corrected chi connectivity index (χ0v) is 7.51. The molecule has 0 N–H and O–H groups in total. The van der Waals surface area contributed by atoms with Gasteiger partial charge in [0.1, 0.15) is 5.82 Å². The standard InChI is InChI=1S/C8H7Cl2F/c1-2-5-6(9)3-4-7(10)8(5)11/h3-4H,2H2,1H3. The minimum Gasteiger partial charge on any atom is -0.205 e. The Labute approximate surface area is 74.9 Å². The minimum atomic E-state index is -0.401. The van der Waals surface area contributed by atoms with Gasteiger partial charge in [0.05, 0.1) is 5.02 Å². The van der Waals surface area contributed by atoms with Gasteiger partial charge in [-0.05, 0) is 18.6 Å². The van der Waals surface area contributed by atoms with Crippen LogP contribution >= 0.6 is 23.2 Å². The molecule has 0 spiro atoms. The SMILES string of the molecule is CCc1c(Cl)ccc(Cl)c1F.